The minimum atomic E-state index is 0.775. The van der Waals surface area contributed by atoms with E-state index in [0.29, 0.717) is 0 Å². The normalized spacial score (nSPS) is 22.0. The van der Waals surface area contributed by atoms with E-state index in [1.165, 1.54) is 88.8 Å². The van der Waals surface area contributed by atoms with Gasteiger partial charge in [-0.1, -0.05) is 0 Å². The van der Waals surface area contributed by atoms with Gasteiger partial charge in [0.2, 0.25) is 0 Å². The van der Waals surface area contributed by atoms with Crippen LogP contribution in [-0.2, 0) is 0 Å². The van der Waals surface area contributed by atoms with Gasteiger partial charge in [-0.05, 0) is 0 Å². The summed E-state index contributed by atoms with van der Waals surface area (Å²) in [6.07, 6.45) is 19.4. The fourth-order valence-corrected chi connectivity index (χ4v) is 6.06. The van der Waals surface area contributed by atoms with Crippen molar-refractivity contribution in [2.24, 2.45) is 0 Å². The van der Waals surface area contributed by atoms with E-state index in [2.05, 4.69) is 17.9 Å². The van der Waals surface area contributed by atoms with Crippen LogP contribution in [0.1, 0.15) is 90.4 Å². The molecule has 2 fully saturated rings. The van der Waals surface area contributed by atoms with Crippen LogP contribution in [0.2, 0.25) is 17.0 Å². The second-order valence-corrected chi connectivity index (χ2v) is 9.41. The van der Waals surface area contributed by atoms with Crippen molar-refractivity contribution in [3.8, 4) is 0 Å². The molecular weight excluding hydrogens is 318 g/mol. The molecule has 120 valence electrons. The molecule has 2 aliphatic carbocycles. The fraction of sp³-hybridized carbons (Fsp3) is 0.895. The molecule has 2 saturated carbocycles. The van der Waals surface area contributed by atoms with E-state index in [1.54, 1.807) is 0 Å². The van der Waals surface area contributed by atoms with Crippen molar-refractivity contribution in [3.63, 3.8) is 0 Å². The molecule has 0 N–H and O–H groups in total. The minimum absolute atomic E-state index is 0.775. The summed E-state index contributed by atoms with van der Waals surface area (Å²) in [5.41, 5.74) is 0. The molecule has 2 aliphatic rings. The third-order valence-electron chi connectivity index (χ3n) is 5.65. The third-order valence-corrected chi connectivity index (χ3v) is 7.48. The van der Waals surface area contributed by atoms with Crippen LogP contribution in [0.3, 0.4) is 0 Å². The monoisotopic (exact) mass is 354 g/mol. The second kappa shape index (κ2) is 11.0. The zero-order chi connectivity index (χ0) is 14.8. The zero-order valence-electron chi connectivity index (χ0n) is 14.2. The summed E-state index contributed by atoms with van der Waals surface area (Å²) in [7, 11) is 0. The number of hydrogen-bond acceptors (Lipinski definition) is 0. The number of hydrogen-bond donors (Lipinski definition) is 0. The van der Waals surface area contributed by atoms with Crippen molar-refractivity contribution < 1.29 is 0 Å². The van der Waals surface area contributed by atoms with Gasteiger partial charge < -0.3 is 0 Å². The summed E-state index contributed by atoms with van der Waals surface area (Å²) in [6, 6.07) is 0. The van der Waals surface area contributed by atoms with Crippen molar-refractivity contribution in [1.82, 2.24) is 0 Å². The van der Waals surface area contributed by atoms with Gasteiger partial charge in [0.15, 0.2) is 0 Å². The molecule has 0 spiro atoms. The Bertz CT molecular complexity index is 259. The van der Waals surface area contributed by atoms with Crippen LogP contribution in [0.15, 0.2) is 10.9 Å². The molecule has 0 atom stereocenters. The van der Waals surface area contributed by atoms with Crippen LogP contribution in [0, 0.1) is 0 Å². The summed E-state index contributed by atoms with van der Waals surface area (Å²) in [4.78, 5) is 2.62. The molecule has 0 aromatic rings. The van der Waals surface area contributed by atoms with Crippen LogP contribution in [0.25, 0.3) is 0 Å². The predicted octanol–water partition coefficient (Wildman–Crippen LogP) is 6.52. The molecule has 0 saturated heterocycles. The SMILES string of the molecule is CCCCC[Se]/C=C/B(C1CCCCC1)C1CCCCC1. The molecule has 0 nitrogen and oxygen atoms in total. The van der Waals surface area contributed by atoms with Crippen molar-refractivity contribution in [1.29, 1.82) is 0 Å². The molecule has 0 bridgehead atoms. The van der Waals surface area contributed by atoms with Crippen molar-refractivity contribution in [2.75, 3.05) is 0 Å². The van der Waals surface area contributed by atoms with Gasteiger partial charge in [0, 0.05) is 0 Å². The Kier molecular flexibility index (Phi) is 9.22. The first kappa shape index (κ1) is 17.7. The molecule has 0 radical (unpaired) electrons. The topological polar surface area (TPSA) is 0 Å². The Morgan fingerprint density at radius 3 is 1.95 bits per heavy atom. The molecule has 0 aliphatic heterocycles. The van der Waals surface area contributed by atoms with Crippen molar-refractivity contribution in [2.45, 2.75) is 107 Å². The van der Waals surface area contributed by atoms with Crippen LogP contribution < -0.4 is 0 Å². The van der Waals surface area contributed by atoms with Gasteiger partial charge >= 0.3 is 140 Å². The Morgan fingerprint density at radius 2 is 1.43 bits per heavy atom. The summed E-state index contributed by atoms with van der Waals surface area (Å²) < 4.78 is 0. The predicted molar refractivity (Wildman–Crippen MR) is 98.7 cm³/mol. The maximum atomic E-state index is 2.71. The van der Waals surface area contributed by atoms with Gasteiger partial charge in [-0.25, -0.2) is 0 Å². The van der Waals surface area contributed by atoms with Gasteiger partial charge in [0.25, 0.3) is 0 Å². The standard InChI is InChI=1S/C19H35BSe/c1-2-3-10-16-21-17-15-20(18-11-6-4-7-12-18)19-13-8-5-9-14-19/h15,17-19H,2-14,16H2,1H3/b17-15+. The number of unbranched alkanes of at least 4 members (excludes halogenated alkanes) is 2. The van der Waals surface area contributed by atoms with Crippen LogP contribution in [0.5, 0.6) is 0 Å². The van der Waals surface area contributed by atoms with E-state index in [9.17, 15) is 0 Å². The molecule has 0 aromatic heterocycles. The van der Waals surface area contributed by atoms with Crippen LogP contribution in [-0.4, -0.2) is 21.7 Å². The van der Waals surface area contributed by atoms with Gasteiger partial charge in [-0.15, -0.1) is 0 Å². The van der Waals surface area contributed by atoms with Gasteiger partial charge in [0.1, 0.15) is 0 Å². The molecule has 0 heterocycles. The van der Waals surface area contributed by atoms with Gasteiger partial charge in [0.05, 0.1) is 0 Å². The Balaban J connectivity index is 1.83. The first-order valence-corrected chi connectivity index (χ1v) is 11.9. The molecule has 21 heavy (non-hydrogen) atoms. The quantitative estimate of drug-likeness (QED) is 0.344. The average molecular weight is 353 g/mol. The zero-order valence-corrected chi connectivity index (χ0v) is 15.9. The van der Waals surface area contributed by atoms with Crippen LogP contribution >= 0.6 is 0 Å². The van der Waals surface area contributed by atoms with E-state index in [-0.39, 0.29) is 0 Å². The van der Waals surface area contributed by atoms with Crippen molar-refractivity contribution >= 4 is 21.7 Å². The third kappa shape index (κ3) is 6.53. The van der Waals surface area contributed by atoms with Gasteiger partial charge in [-0.2, -0.15) is 0 Å². The molecule has 0 amide bonds. The first-order chi connectivity index (χ1) is 10.4. The molecule has 0 aromatic carbocycles. The van der Waals surface area contributed by atoms with E-state index in [1.807, 2.05) is 0 Å². The molecular formula is C19H35BSe. The summed E-state index contributed by atoms with van der Waals surface area (Å²) in [5, 5.41) is 1.47. The molecule has 2 heteroatoms. The van der Waals surface area contributed by atoms with E-state index >= 15 is 0 Å². The fourth-order valence-electron chi connectivity index (χ4n) is 4.39. The molecule has 2 rings (SSSR count). The van der Waals surface area contributed by atoms with Crippen molar-refractivity contribution in [3.05, 3.63) is 10.9 Å². The first-order valence-electron chi connectivity index (χ1n) is 9.70. The van der Waals surface area contributed by atoms with Crippen LogP contribution in [0.4, 0.5) is 0 Å². The Hall–Kier alpha value is 0.324. The van der Waals surface area contributed by atoms with Gasteiger partial charge in [-0.3, -0.25) is 0 Å². The maximum absolute atomic E-state index is 2.71. The summed E-state index contributed by atoms with van der Waals surface area (Å²) in [6.45, 7) is 3.25. The Morgan fingerprint density at radius 1 is 0.857 bits per heavy atom. The van der Waals surface area contributed by atoms with E-state index < -0.39 is 0 Å². The summed E-state index contributed by atoms with van der Waals surface area (Å²) in [5.74, 6) is 4.77. The Labute approximate surface area is 140 Å². The van der Waals surface area contributed by atoms with E-state index in [4.69, 9.17) is 0 Å². The number of rotatable bonds is 8. The molecule has 0 unspecified atom stereocenters. The second-order valence-electron chi connectivity index (χ2n) is 7.28. The average Bonchev–Trinajstić information content (AvgIpc) is 2.56. The van der Waals surface area contributed by atoms with E-state index in [0.717, 1.165) is 33.3 Å². The summed E-state index contributed by atoms with van der Waals surface area (Å²) >= 11 is 0.775.